The summed E-state index contributed by atoms with van der Waals surface area (Å²) in [6.07, 6.45) is 1.80. The number of nitrogens with one attached hydrogen (secondary N) is 2. The Kier molecular flexibility index (Phi) is 3.37. The van der Waals surface area contributed by atoms with Gasteiger partial charge in [-0.05, 0) is 31.0 Å². The third-order valence-corrected chi connectivity index (χ3v) is 2.48. The molecule has 0 aliphatic heterocycles. The van der Waals surface area contributed by atoms with Gasteiger partial charge in [0.05, 0.1) is 6.54 Å². The van der Waals surface area contributed by atoms with Crippen molar-refractivity contribution in [3.05, 3.63) is 30.1 Å². The lowest BCUT2D eigenvalue weighted by Crippen LogP contribution is -2.33. The average molecular weight is 236 g/mol. The highest BCUT2D eigenvalue weighted by Gasteiger charge is 2.29. The highest BCUT2D eigenvalue weighted by Crippen LogP contribution is 2.28. The zero-order chi connectivity index (χ0) is 12.3. The summed E-state index contributed by atoms with van der Waals surface area (Å²) in [6, 6.07) is 5.61. The van der Waals surface area contributed by atoms with Crippen LogP contribution in [0.1, 0.15) is 12.8 Å². The van der Waals surface area contributed by atoms with Crippen molar-refractivity contribution in [3.63, 3.8) is 0 Å². The minimum Gasteiger partial charge on any atom is -0.347 e. The molecule has 1 aliphatic carbocycles. The van der Waals surface area contributed by atoms with Crippen molar-refractivity contribution < 1.29 is 14.0 Å². The molecule has 0 spiro atoms. The molecule has 2 amide bonds. The molecule has 2 N–H and O–H groups in total. The Morgan fingerprint density at radius 3 is 2.76 bits per heavy atom. The second-order valence-corrected chi connectivity index (χ2v) is 4.05. The molecule has 0 radical (unpaired) electrons. The van der Waals surface area contributed by atoms with Gasteiger partial charge in [-0.15, -0.1) is 0 Å². The van der Waals surface area contributed by atoms with Gasteiger partial charge in [-0.3, -0.25) is 9.59 Å². The first-order valence-corrected chi connectivity index (χ1v) is 5.48. The van der Waals surface area contributed by atoms with E-state index in [4.69, 9.17) is 0 Å². The van der Waals surface area contributed by atoms with E-state index in [1.165, 1.54) is 18.2 Å². The highest BCUT2D eigenvalue weighted by atomic mass is 19.1. The van der Waals surface area contributed by atoms with Crippen LogP contribution in [0.2, 0.25) is 0 Å². The van der Waals surface area contributed by atoms with Crippen LogP contribution in [0.4, 0.5) is 10.1 Å². The van der Waals surface area contributed by atoms with Crippen LogP contribution in [0.15, 0.2) is 24.3 Å². The summed E-state index contributed by atoms with van der Waals surface area (Å²) in [5.41, 5.74) is 0.385. The fourth-order valence-corrected chi connectivity index (χ4v) is 1.43. The van der Waals surface area contributed by atoms with Crippen LogP contribution in [0.5, 0.6) is 0 Å². The zero-order valence-electron chi connectivity index (χ0n) is 9.20. The normalized spacial score (nSPS) is 14.2. The first-order valence-electron chi connectivity index (χ1n) is 5.48. The molecule has 0 bridgehead atoms. The van der Waals surface area contributed by atoms with Crippen molar-refractivity contribution in [1.82, 2.24) is 5.32 Å². The molecule has 0 aromatic heterocycles. The van der Waals surface area contributed by atoms with Gasteiger partial charge in [-0.25, -0.2) is 4.39 Å². The number of hydrogen-bond donors (Lipinski definition) is 2. The van der Waals surface area contributed by atoms with Crippen LogP contribution in [0, 0.1) is 11.7 Å². The zero-order valence-corrected chi connectivity index (χ0v) is 9.20. The molecule has 0 unspecified atom stereocenters. The third kappa shape index (κ3) is 3.55. The fourth-order valence-electron chi connectivity index (χ4n) is 1.43. The average Bonchev–Trinajstić information content (AvgIpc) is 3.09. The number of carbonyl (C=O) groups excluding carboxylic acids is 2. The lowest BCUT2D eigenvalue weighted by molar-refractivity contribution is -0.125. The van der Waals surface area contributed by atoms with Crippen LogP contribution in [0.3, 0.4) is 0 Å². The smallest absolute Gasteiger partial charge is 0.243 e. The largest absolute Gasteiger partial charge is 0.347 e. The van der Waals surface area contributed by atoms with Gasteiger partial charge in [-0.2, -0.15) is 0 Å². The molecule has 0 saturated heterocycles. The number of halogens is 1. The predicted octanol–water partition coefficient (Wildman–Crippen LogP) is 1.29. The maximum Gasteiger partial charge on any atom is 0.243 e. The molecule has 5 heteroatoms. The second-order valence-electron chi connectivity index (χ2n) is 4.05. The van der Waals surface area contributed by atoms with Crippen molar-refractivity contribution in [1.29, 1.82) is 0 Å². The Bertz CT molecular complexity index is 444. The quantitative estimate of drug-likeness (QED) is 0.827. The maximum absolute atomic E-state index is 12.8. The first kappa shape index (κ1) is 11.6. The number of hydrogen-bond acceptors (Lipinski definition) is 2. The highest BCUT2D eigenvalue weighted by molar-refractivity contribution is 5.95. The van der Waals surface area contributed by atoms with Crippen molar-refractivity contribution in [2.75, 3.05) is 11.9 Å². The standard InChI is InChI=1S/C12H13FN2O2/c13-9-2-1-3-10(6-9)15-11(16)7-14-12(17)8-4-5-8/h1-3,6,8H,4-5,7H2,(H,14,17)(H,15,16). The fraction of sp³-hybridized carbons (Fsp3) is 0.333. The Morgan fingerprint density at radius 2 is 2.12 bits per heavy atom. The van der Waals surface area contributed by atoms with E-state index < -0.39 is 5.82 Å². The first-order chi connectivity index (χ1) is 8.15. The third-order valence-electron chi connectivity index (χ3n) is 2.48. The molecule has 1 fully saturated rings. The van der Waals surface area contributed by atoms with E-state index in [2.05, 4.69) is 10.6 Å². The van der Waals surface area contributed by atoms with Gasteiger partial charge in [0.25, 0.3) is 0 Å². The van der Waals surface area contributed by atoms with Crippen LogP contribution in [-0.4, -0.2) is 18.4 Å². The molecular weight excluding hydrogens is 223 g/mol. The van der Waals surface area contributed by atoms with Crippen LogP contribution >= 0.6 is 0 Å². The molecule has 4 nitrogen and oxygen atoms in total. The Balaban J connectivity index is 1.78. The van der Waals surface area contributed by atoms with E-state index in [1.807, 2.05) is 0 Å². The van der Waals surface area contributed by atoms with E-state index in [9.17, 15) is 14.0 Å². The molecule has 0 heterocycles. The number of anilines is 1. The van der Waals surface area contributed by atoms with Gasteiger partial charge < -0.3 is 10.6 Å². The summed E-state index contributed by atoms with van der Waals surface area (Å²) >= 11 is 0. The predicted molar refractivity (Wildman–Crippen MR) is 60.8 cm³/mol. The molecule has 90 valence electrons. The van der Waals surface area contributed by atoms with Crippen molar-refractivity contribution >= 4 is 17.5 Å². The molecule has 17 heavy (non-hydrogen) atoms. The summed E-state index contributed by atoms with van der Waals surface area (Å²) in [5.74, 6) is -0.772. The summed E-state index contributed by atoms with van der Waals surface area (Å²) in [4.78, 5) is 22.7. The summed E-state index contributed by atoms with van der Waals surface area (Å²) in [7, 11) is 0. The van der Waals surface area contributed by atoms with Crippen LogP contribution < -0.4 is 10.6 Å². The van der Waals surface area contributed by atoms with Gasteiger partial charge in [-0.1, -0.05) is 6.07 Å². The van der Waals surface area contributed by atoms with Crippen LogP contribution in [-0.2, 0) is 9.59 Å². The van der Waals surface area contributed by atoms with Gasteiger partial charge >= 0.3 is 0 Å². The van der Waals surface area contributed by atoms with Crippen molar-refractivity contribution in [2.24, 2.45) is 5.92 Å². The minimum absolute atomic E-state index is 0.0775. The van der Waals surface area contributed by atoms with Gasteiger partial charge in [0.15, 0.2) is 0 Å². The summed E-state index contributed by atoms with van der Waals surface area (Å²) < 4.78 is 12.8. The SMILES string of the molecule is O=C(CNC(=O)C1CC1)Nc1cccc(F)c1. The van der Waals surface area contributed by atoms with Gasteiger partial charge in [0.1, 0.15) is 5.82 Å². The van der Waals surface area contributed by atoms with E-state index in [0.717, 1.165) is 12.8 Å². The molecule has 0 atom stereocenters. The molecular formula is C12H13FN2O2. The van der Waals surface area contributed by atoms with Gasteiger partial charge in [0, 0.05) is 11.6 Å². The Morgan fingerprint density at radius 1 is 1.35 bits per heavy atom. The minimum atomic E-state index is -0.412. The van der Waals surface area contributed by atoms with E-state index in [-0.39, 0.29) is 24.3 Å². The van der Waals surface area contributed by atoms with Gasteiger partial charge in [0.2, 0.25) is 11.8 Å². The second kappa shape index (κ2) is 4.95. The number of benzene rings is 1. The summed E-state index contributed by atoms with van der Waals surface area (Å²) in [6.45, 7) is -0.0775. The van der Waals surface area contributed by atoms with Crippen LogP contribution in [0.25, 0.3) is 0 Å². The number of carbonyl (C=O) groups is 2. The Labute approximate surface area is 98.2 Å². The summed E-state index contributed by atoms with van der Waals surface area (Å²) in [5, 5.41) is 5.04. The van der Waals surface area contributed by atoms with E-state index >= 15 is 0 Å². The number of amides is 2. The molecule has 2 rings (SSSR count). The molecule has 1 saturated carbocycles. The molecule has 1 aromatic rings. The molecule has 1 aliphatic rings. The lowest BCUT2D eigenvalue weighted by Gasteiger charge is -2.06. The number of rotatable bonds is 4. The Hall–Kier alpha value is -1.91. The topological polar surface area (TPSA) is 58.2 Å². The van der Waals surface area contributed by atoms with Crippen molar-refractivity contribution in [2.45, 2.75) is 12.8 Å². The lowest BCUT2D eigenvalue weighted by atomic mass is 10.3. The maximum atomic E-state index is 12.8. The van der Waals surface area contributed by atoms with E-state index in [1.54, 1.807) is 6.07 Å². The van der Waals surface area contributed by atoms with E-state index in [0.29, 0.717) is 5.69 Å². The molecule has 1 aromatic carbocycles. The monoisotopic (exact) mass is 236 g/mol. The van der Waals surface area contributed by atoms with Crippen molar-refractivity contribution in [3.8, 4) is 0 Å².